The van der Waals surface area contributed by atoms with Gasteiger partial charge in [-0.2, -0.15) is 0 Å². The van der Waals surface area contributed by atoms with E-state index in [2.05, 4.69) is 13.8 Å². The highest BCUT2D eigenvalue weighted by Crippen LogP contribution is 2.27. The minimum absolute atomic E-state index is 0.146. The van der Waals surface area contributed by atoms with Gasteiger partial charge >= 0.3 is 5.97 Å². The van der Waals surface area contributed by atoms with Crippen molar-refractivity contribution in [2.75, 3.05) is 13.2 Å². The third kappa shape index (κ3) is 7.58. The Bertz CT molecular complexity index is 449. The number of esters is 1. The Kier molecular flexibility index (Phi) is 8.55. The van der Waals surface area contributed by atoms with Crippen LogP contribution < -0.4 is 4.74 Å². The first kappa shape index (κ1) is 18.1. The summed E-state index contributed by atoms with van der Waals surface area (Å²) in [6.07, 6.45) is 4.32. The summed E-state index contributed by atoms with van der Waals surface area (Å²) in [6, 6.07) is 4.85. The van der Waals surface area contributed by atoms with E-state index >= 15 is 0 Å². The summed E-state index contributed by atoms with van der Waals surface area (Å²) in [5.41, 5.74) is 0. The van der Waals surface area contributed by atoms with Gasteiger partial charge in [-0.3, -0.25) is 0 Å². The molecule has 1 aromatic carbocycles. The first-order valence-corrected chi connectivity index (χ1v) is 8.02. The molecule has 0 N–H and O–H groups in total. The van der Waals surface area contributed by atoms with Crippen LogP contribution in [0.2, 0.25) is 10.0 Å². The minimum Gasteiger partial charge on any atom is -0.480 e. The van der Waals surface area contributed by atoms with Gasteiger partial charge in [0.25, 0.3) is 0 Å². The maximum atomic E-state index is 11.5. The number of benzene rings is 1. The van der Waals surface area contributed by atoms with Gasteiger partial charge in [-0.15, -0.1) is 0 Å². The van der Waals surface area contributed by atoms with E-state index in [1.165, 1.54) is 12.8 Å². The third-order valence-electron chi connectivity index (χ3n) is 3.29. The monoisotopic (exact) mass is 332 g/mol. The molecule has 21 heavy (non-hydrogen) atoms. The van der Waals surface area contributed by atoms with Crippen molar-refractivity contribution in [2.45, 2.75) is 39.5 Å². The van der Waals surface area contributed by atoms with Crippen LogP contribution in [-0.4, -0.2) is 19.2 Å². The van der Waals surface area contributed by atoms with E-state index in [1.54, 1.807) is 18.2 Å². The standard InChI is InChI=1S/C16H22Cl2O3/c1-3-12(2)6-4-5-9-20-16(19)11-21-15-8-7-13(17)10-14(15)18/h7-8,10,12H,3-6,9,11H2,1-2H3. The van der Waals surface area contributed by atoms with Crippen molar-refractivity contribution >= 4 is 29.2 Å². The van der Waals surface area contributed by atoms with Gasteiger partial charge in [-0.1, -0.05) is 49.9 Å². The van der Waals surface area contributed by atoms with Crippen LogP contribution in [0.25, 0.3) is 0 Å². The smallest absolute Gasteiger partial charge is 0.344 e. The summed E-state index contributed by atoms with van der Waals surface area (Å²) in [6.45, 7) is 4.71. The van der Waals surface area contributed by atoms with E-state index in [9.17, 15) is 4.79 Å². The minimum atomic E-state index is -0.385. The predicted octanol–water partition coefficient (Wildman–Crippen LogP) is 5.13. The molecule has 0 amide bonds. The van der Waals surface area contributed by atoms with Gasteiger partial charge in [-0.25, -0.2) is 4.79 Å². The lowest BCUT2D eigenvalue weighted by Crippen LogP contribution is -2.15. The number of carbonyl (C=O) groups excluding carboxylic acids is 1. The van der Waals surface area contributed by atoms with Crippen molar-refractivity contribution in [2.24, 2.45) is 5.92 Å². The van der Waals surface area contributed by atoms with Gasteiger partial charge in [0, 0.05) is 5.02 Å². The zero-order valence-corrected chi connectivity index (χ0v) is 14.0. The lowest BCUT2D eigenvalue weighted by molar-refractivity contribution is -0.146. The average Bonchev–Trinajstić information content (AvgIpc) is 2.45. The van der Waals surface area contributed by atoms with Gasteiger partial charge < -0.3 is 9.47 Å². The number of hydrogen-bond acceptors (Lipinski definition) is 3. The first-order chi connectivity index (χ1) is 10.0. The van der Waals surface area contributed by atoms with E-state index in [1.807, 2.05) is 0 Å². The molecule has 1 aromatic rings. The highest BCUT2D eigenvalue weighted by Gasteiger charge is 2.07. The molecule has 0 spiro atoms. The third-order valence-corrected chi connectivity index (χ3v) is 3.82. The second-order valence-electron chi connectivity index (χ2n) is 5.09. The van der Waals surface area contributed by atoms with Crippen molar-refractivity contribution in [1.82, 2.24) is 0 Å². The quantitative estimate of drug-likeness (QED) is 0.464. The van der Waals surface area contributed by atoms with Crippen molar-refractivity contribution in [3.05, 3.63) is 28.2 Å². The summed E-state index contributed by atoms with van der Waals surface area (Å²) in [5, 5.41) is 0.903. The number of carbonyl (C=O) groups is 1. The van der Waals surface area contributed by atoms with Crippen molar-refractivity contribution in [1.29, 1.82) is 0 Å². The molecule has 1 atom stereocenters. The molecule has 0 aliphatic carbocycles. The number of halogens is 2. The highest BCUT2D eigenvalue weighted by molar-refractivity contribution is 6.35. The molecule has 0 aliphatic heterocycles. The number of rotatable bonds is 9. The Morgan fingerprint density at radius 3 is 2.71 bits per heavy atom. The van der Waals surface area contributed by atoms with Crippen LogP contribution in [0.1, 0.15) is 39.5 Å². The maximum Gasteiger partial charge on any atom is 0.344 e. The lowest BCUT2D eigenvalue weighted by atomic mass is 10.0. The molecule has 3 nitrogen and oxygen atoms in total. The molecule has 1 rings (SSSR count). The molecule has 0 aliphatic rings. The lowest BCUT2D eigenvalue weighted by Gasteiger charge is -2.09. The number of hydrogen-bond donors (Lipinski definition) is 0. The zero-order chi connectivity index (χ0) is 15.7. The predicted molar refractivity (Wildman–Crippen MR) is 86.2 cm³/mol. The Hall–Kier alpha value is -0.930. The first-order valence-electron chi connectivity index (χ1n) is 7.26. The normalized spacial score (nSPS) is 12.0. The molecule has 5 heteroatoms. The zero-order valence-electron chi connectivity index (χ0n) is 12.5. The van der Waals surface area contributed by atoms with E-state index in [4.69, 9.17) is 32.7 Å². The molecular formula is C16H22Cl2O3. The Morgan fingerprint density at radius 2 is 2.05 bits per heavy atom. The molecule has 118 valence electrons. The molecule has 0 saturated carbocycles. The van der Waals surface area contributed by atoms with Crippen LogP contribution in [0.15, 0.2) is 18.2 Å². The van der Waals surface area contributed by atoms with E-state index in [-0.39, 0.29) is 12.6 Å². The molecule has 0 saturated heterocycles. The highest BCUT2D eigenvalue weighted by atomic mass is 35.5. The summed E-state index contributed by atoms with van der Waals surface area (Å²) in [4.78, 5) is 11.5. The molecule has 0 heterocycles. The van der Waals surface area contributed by atoms with Crippen LogP contribution >= 0.6 is 23.2 Å². The Morgan fingerprint density at radius 1 is 1.29 bits per heavy atom. The molecule has 0 fully saturated rings. The second kappa shape index (κ2) is 9.91. The fourth-order valence-corrected chi connectivity index (χ4v) is 2.22. The summed E-state index contributed by atoms with van der Waals surface area (Å²) < 4.78 is 10.4. The SMILES string of the molecule is CCC(C)CCCCOC(=O)COc1ccc(Cl)cc1Cl. The Labute approximate surface area is 136 Å². The summed E-state index contributed by atoms with van der Waals surface area (Å²) in [7, 11) is 0. The number of ether oxygens (including phenoxy) is 2. The summed E-state index contributed by atoms with van der Waals surface area (Å²) in [5.74, 6) is 0.774. The van der Waals surface area contributed by atoms with Crippen LogP contribution in [0, 0.1) is 5.92 Å². The largest absolute Gasteiger partial charge is 0.480 e. The maximum absolute atomic E-state index is 11.5. The summed E-state index contributed by atoms with van der Waals surface area (Å²) >= 11 is 11.7. The van der Waals surface area contributed by atoms with Gasteiger partial charge in [0.1, 0.15) is 5.75 Å². The molecule has 0 radical (unpaired) electrons. The van der Waals surface area contributed by atoms with Gasteiger partial charge in [0.05, 0.1) is 11.6 Å². The van der Waals surface area contributed by atoms with E-state index in [0.29, 0.717) is 22.4 Å². The Balaban J connectivity index is 2.16. The fourth-order valence-electron chi connectivity index (χ4n) is 1.76. The topological polar surface area (TPSA) is 35.5 Å². The molecule has 1 unspecified atom stereocenters. The van der Waals surface area contributed by atoms with E-state index in [0.717, 1.165) is 18.8 Å². The van der Waals surface area contributed by atoms with Gasteiger partial charge in [0.15, 0.2) is 6.61 Å². The molecular weight excluding hydrogens is 311 g/mol. The second-order valence-corrected chi connectivity index (χ2v) is 5.94. The average molecular weight is 333 g/mol. The van der Waals surface area contributed by atoms with E-state index < -0.39 is 0 Å². The molecule has 0 bridgehead atoms. The van der Waals surface area contributed by atoms with Gasteiger partial charge in [0.2, 0.25) is 0 Å². The number of unbranched alkanes of at least 4 members (excludes halogenated alkanes) is 1. The van der Waals surface area contributed by atoms with Crippen LogP contribution in [-0.2, 0) is 9.53 Å². The van der Waals surface area contributed by atoms with Crippen LogP contribution in [0.4, 0.5) is 0 Å². The van der Waals surface area contributed by atoms with Crippen LogP contribution in [0.3, 0.4) is 0 Å². The molecule has 0 aromatic heterocycles. The van der Waals surface area contributed by atoms with Crippen molar-refractivity contribution in [3.8, 4) is 5.75 Å². The van der Waals surface area contributed by atoms with Crippen molar-refractivity contribution < 1.29 is 14.3 Å². The van der Waals surface area contributed by atoms with Crippen LogP contribution in [0.5, 0.6) is 5.75 Å². The van der Waals surface area contributed by atoms with Gasteiger partial charge in [-0.05, 0) is 37.0 Å². The fraction of sp³-hybridized carbons (Fsp3) is 0.562. The van der Waals surface area contributed by atoms with Crippen molar-refractivity contribution in [3.63, 3.8) is 0 Å².